The highest BCUT2D eigenvalue weighted by molar-refractivity contribution is 5.95. The second-order valence-corrected chi connectivity index (χ2v) is 7.57. The maximum Gasteiger partial charge on any atom is 0.224 e. The lowest BCUT2D eigenvalue weighted by atomic mass is 10.0. The molecule has 0 spiro atoms. The zero-order valence-electron chi connectivity index (χ0n) is 17.7. The highest BCUT2D eigenvalue weighted by Crippen LogP contribution is 2.32. The highest BCUT2D eigenvalue weighted by Gasteiger charge is 2.15. The average molecular weight is 429 g/mol. The van der Waals surface area contributed by atoms with Crippen molar-refractivity contribution < 1.29 is 14.0 Å². The first kappa shape index (κ1) is 21.3. The molecule has 3 N–H and O–H groups in total. The third-order valence-electron chi connectivity index (χ3n) is 5.28. The van der Waals surface area contributed by atoms with E-state index in [0.29, 0.717) is 24.2 Å². The van der Waals surface area contributed by atoms with Crippen LogP contribution >= 0.6 is 0 Å². The predicted octanol–water partition coefficient (Wildman–Crippen LogP) is 5.89. The quantitative estimate of drug-likeness (QED) is 0.342. The normalized spacial score (nSPS) is 10.8. The number of aromatic nitrogens is 1. The summed E-state index contributed by atoms with van der Waals surface area (Å²) < 4.78 is 13.9. The van der Waals surface area contributed by atoms with Crippen LogP contribution in [0.3, 0.4) is 0 Å². The molecule has 5 nitrogen and oxygen atoms in total. The standard InChI is InChI=1S/C26H24FN3O2/c1-2-24(31)28-19-9-6-10-20(16-19)29-25(32)14-12-21-22-15-18(27)11-13-23(22)30-26(21)17-7-4-3-5-8-17/h3-11,13,15-16,30H,2,12,14H2,1H3,(H,28,31)(H,29,32). The van der Waals surface area contributed by atoms with Crippen LogP contribution in [0.2, 0.25) is 0 Å². The van der Waals surface area contributed by atoms with Crippen LogP contribution in [0.1, 0.15) is 25.3 Å². The number of carbonyl (C=O) groups is 2. The number of H-pyrrole nitrogens is 1. The fourth-order valence-electron chi connectivity index (χ4n) is 3.72. The second kappa shape index (κ2) is 9.47. The lowest BCUT2D eigenvalue weighted by Crippen LogP contribution is -2.13. The van der Waals surface area contributed by atoms with E-state index in [0.717, 1.165) is 27.7 Å². The van der Waals surface area contributed by atoms with Gasteiger partial charge in [-0.1, -0.05) is 43.3 Å². The SMILES string of the molecule is CCC(=O)Nc1cccc(NC(=O)CCc2c(-c3ccccc3)[nH]c3ccc(F)cc23)c1. The molecule has 4 rings (SSSR count). The van der Waals surface area contributed by atoms with Gasteiger partial charge in [0.25, 0.3) is 0 Å². The summed E-state index contributed by atoms with van der Waals surface area (Å²) in [6, 6.07) is 21.5. The molecule has 0 bridgehead atoms. The van der Waals surface area contributed by atoms with Crippen molar-refractivity contribution in [1.82, 2.24) is 4.98 Å². The van der Waals surface area contributed by atoms with Gasteiger partial charge in [0.2, 0.25) is 11.8 Å². The molecule has 4 aromatic rings. The number of halogens is 1. The summed E-state index contributed by atoms with van der Waals surface area (Å²) in [7, 11) is 0. The Balaban J connectivity index is 1.53. The van der Waals surface area contributed by atoms with Gasteiger partial charge in [0.15, 0.2) is 0 Å². The van der Waals surface area contributed by atoms with Gasteiger partial charge in [-0.05, 0) is 53.9 Å². The van der Waals surface area contributed by atoms with Gasteiger partial charge >= 0.3 is 0 Å². The number of amides is 2. The van der Waals surface area contributed by atoms with Crippen molar-refractivity contribution in [3.8, 4) is 11.3 Å². The largest absolute Gasteiger partial charge is 0.354 e. The van der Waals surface area contributed by atoms with E-state index in [9.17, 15) is 14.0 Å². The Kier molecular flexibility index (Phi) is 6.31. The van der Waals surface area contributed by atoms with Crippen LogP contribution in [-0.2, 0) is 16.0 Å². The number of aryl methyl sites for hydroxylation is 1. The Bertz CT molecular complexity index is 1260. The molecule has 32 heavy (non-hydrogen) atoms. The molecular formula is C26H24FN3O2. The zero-order valence-corrected chi connectivity index (χ0v) is 17.7. The van der Waals surface area contributed by atoms with E-state index in [1.165, 1.54) is 12.1 Å². The molecule has 0 aliphatic carbocycles. The fraction of sp³-hybridized carbons (Fsp3) is 0.154. The summed E-state index contributed by atoms with van der Waals surface area (Å²) in [4.78, 5) is 27.6. The molecule has 0 fully saturated rings. The Labute approximate surface area is 185 Å². The number of fused-ring (bicyclic) bond motifs is 1. The molecule has 0 aliphatic rings. The minimum absolute atomic E-state index is 0.0894. The van der Waals surface area contributed by atoms with E-state index in [1.54, 1.807) is 37.3 Å². The van der Waals surface area contributed by atoms with E-state index >= 15 is 0 Å². The molecular weight excluding hydrogens is 405 g/mol. The monoisotopic (exact) mass is 429 g/mol. The van der Waals surface area contributed by atoms with E-state index < -0.39 is 0 Å². The molecule has 1 aromatic heterocycles. The first-order valence-corrected chi connectivity index (χ1v) is 10.6. The van der Waals surface area contributed by atoms with Crippen molar-refractivity contribution in [2.24, 2.45) is 0 Å². The molecule has 162 valence electrons. The number of rotatable bonds is 7. The predicted molar refractivity (Wildman–Crippen MR) is 126 cm³/mol. The zero-order chi connectivity index (χ0) is 22.5. The summed E-state index contributed by atoms with van der Waals surface area (Å²) in [5.41, 5.74) is 4.86. The number of hydrogen-bond donors (Lipinski definition) is 3. The van der Waals surface area contributed by atoms with Crippen LogP contribution in [0.5, 0.6) is 0 Å². The van der Waals surface area contributed by atoms with Gasteiger partial charge in [-0.25, -0.2) is 4.39 Å². The minimum Gasteiger partial charge on any atom is -0.354 e. The van der Waals surface area contributed by atoms with Crippen LogP contribution in [0.4, 0.5) is 15.8 Å². The lowest BCUT2D eigenvalue weighted by molar-refractivity contribution is -0.116. The van der Waals surface area contributed by atoms with E-state index in [1.807, 2.05) is 30.3 Å². The smallest absolute Gasteiger partial charge is 0.224 e. The van der Waals surface area contributed by atoms with Crippen molar-refractivity contribution >= 4 is 34.1 Å². The number of hydrogen-bond acceptors (Lipinski definition) is 2. The van der Waals surface area contributed by atoms with Crippen LogP contribution in [-0.4, -0.2) is 16.8 Å². The molecule has 0 saturated carbocycles. The number of benzene rings is 3. The van der Waals surface area contributed by atoms with Crippen molar-refractivity contribution in [3.05, 3.63) is 84.2 Å². The minimum atomic E-state index is -0.312. The van der Waals surface area contributed by atoms with E-state index in [-0.39, 0.29) is 24.1 Å². The molecule has 0 unspecified atom stereocenters. The Hall–Kier alpha value is -3.93. The molecule has 3 aromatic carbocycles. The van der Waals surface area contributed by atoms with Gasteiger partial charge in [0.05, 0.1) is 0 Å². The molecule has 0 aliphatic heterocycles. The van der Waals surface area contributed by atoms with Gasteiger partial charge in [-0.3, -0.25) is 9.59 Å². The van der Waals surface area contributed by atoms with Gasteiger partial charge in [-0.2, -0.15) is 0 Å². The molecule has 0 radical (unpaired) electrons. The average Bonchev–Trinajstić information content (AvgIpc) is 3.16. The summed E-state index contributed by atoms with van der Waals surface area (Å²) >= 11 is 0. The van der Waals surface area contributed by atoms with Crippen LogP contribution in [0, 0.1) is 5.82 Å². The van der Waals surface area contributed by atoms with Crippen LogP contribution in [0.15, 0.2) is 72.8 Å². The first-order chi connectivity index (χ1) is 15.5. The number of nitrogens with one attached hydrogen (secondary N) is 3. The van der Waals surface area contributed by atoms with Crippen molar-refractivity contribution in [1.29, 1.82) is 0 Å². The van der Waals surface area contributed by atoms with E-state index in [4.69, 9.17) is 0 Å². The van der Waals surface area contributed by atoms with Gasteiger partial charge in [0, 0.05) is 40.8 Å². The molecule has 2 amide bonds. The van der Waals surface area contributed by atoms with Crippen molar-refractivity contribution in [3.63, 3.8) is 0 Å². The Morgan fingerprint density at radius 2 is 1.59 bits per heavy atom. The van der Waals surface area contributed by atoms with Crippen molar-refractivity contribution in [2.75, 3.05) is 10.6 Å². The highest BCUT2D eigenvalue weighted by atomic mass is 19.1. The second-order valence-electron chi connectivity index (χ2n) is 7.57. The molecule has 0 saturated heterocycles. The third kappa shape index (κ3) is 4.86. The maximum atomic E-state index is 13.9. The topological polar surface area (TPSA) is 74.0 Å². The van der Waals surface area contributed by atoms with E-state index in [2.05, 4.69) is 15.6 Å². The van der Waals surface area contributed by atoms with Gasteiger partial charge < -0.3 is 15.6 Å². The van der Waals surface area contributed by atoms with Gasteiger partial charge in [-0.15, -0.1) is 0 Å². The van der Waals surface area contributed by atoms with Gasteiger partial charge in [0.1, 0.15) is 5.82 Å². The Morgan fingerprint density at radius 3 is 2.31 bits per heavy atom. The molecule has 0 atom stereocenters. The Morgan fingerprint density at radius 1 is 0.875 bits per heavy atom. The summed E-state index contributed by atoms with van der Waals surface area (Å²) in [5, 5.41) is 6.44. The third-order valence-corrected chi connectivity index (χ3v) is 5.28. The molecule has 6 heteroatoms. The number of anilines is 2. The summed E-state index contributed by atoms with van der Waals surface area (Å²) in [6.07, 6.45) is 1.06. The van der Waals surface area contributed by atoms with Crippen LogP contribution < -0.4 is 10.6 Å². The molecule has 1 heterocycles. The van der Waals surface area contributed by atoms with Crippen molar-refractivity contribution in [2.45, 2.75) is 26.2 Å². The number of carbonyl (C=O) groups excluding carboxylic acids is 2. The number of aromatic amines is 1. The summed E-state index contributed by atoms with van der Waals surface area (Å²) in [5.74, 6) is -0.560. The summed E-state index contributed by atoms with van der Waals surface area (Å²) in [6.45, 7) is 1.78. The first-order valence-electron chi connectivity index (χ1n) is 10.6. The van der Waals surface area contributed by atoms with Crippen LogP contribution in [0.25, 0.3) is 22.2 Å². The maximum absolute atomic E-state index is 13.9. The lowest BCUT2D eigenvalue weighted by Gasteiger charge is -2.09. The fourth-order valence-corrected chi connectivity index (χ4v) is 3.72.